The second-order valence-corrected chi connectivity index (χ2v) is 5.98. The fourth-order valence-electron chi connectivity index (χ4n) is 2.19. The Morgan fingerprint density at radius 3 is 2.30 bits per heavy atom. The molecule has 4 heteroatoms. The van der Waals surface area contributed by atoms with Crippen LogP contribution in [0.5, 0.6) is 0 Å². The van der Waals surface area contributed by atoms with Crippen LogP contribution in [0.2, 0.25) is 0 Å². The average Bonchev–Trinajstić information content (AvgIpc) is 2.48. The van der Waals surface area contributed by atoms with Gasteiger partial charge in [0.05, 0.1) is 7.11 Å². The number of rotatable bonds is 7. The third-order valence-corrected chi connectivity index (χ3v) is 4.26. The third-order valence-electron chi connectivity index (χ3n) is 3.73. The molecule has 0 aliphatic heterocycles. The predicted molar refractivity (Wildman–Crippen MR) is 85.6 cm³/mol. The van der Waals surface area contributed by atoms with E-state index in [9.17, 15) is 4.79 Å². The molecule has 0 fully saturated rings. The summed E-state index contributed by atoms with van der Waals surface area (Å²) in [6, 6.07) is 8.10. The van der Waals surface area contributed by atoms with E-state index in [4.69, 9.17) is 4.74 Å². The predicted octanol–water partition coefficient (Wildman–Crippen LogP) is 4.08. The van der Waals surface area contributed by atoms with E-state index < -0.39 is 0 Å². The molecule has 3 unspecified atom stereocenters. The maximum absolute atomic E-state index is 12.0. The molecule has 1 aromatic carbocycles. The molecule has 0 aliphatic rings. The van der Waals surface area contributed by atoms with E-state index in [2.05, 4.69) is 54.2 Å². The zero-order chi connectivity index (χ0) is 15.1. The summed E-state index contributed by atoms with van der Waals surface area (Å²) in [5.74, 6) is 0.0573. The lowest BCUT2D eigenvalue weighted by Gasteiger charge is -2.27. The van der Waals surface area contributed by atoms with Crippen LogP contribution < -0.4 is 5.32 Å². The number of hydrogen-bond acceptors (Lipinski definition) is 3. The Bertz CT molecular complexity index is 419. The van der Waals surface area contributed by atoms with Crippen LogP contribution in [0.1, 0.15) is 45.2 Å². The number of carbonyl (C=O) groups is 1. The van der Waals surface area contributed by atoms with Gasteiger partial charge < -0.3 is 4.74 Å². The quantitative estimate of drug-likeness (QED) is 0.759. The van der Waals surface area contributed by atoms with Crippen molar-refractivity contribution in [3.63, 3.8) is 0 Å². The van der Waals surface area contributed by atoms with E-state index >= 15 is 0 Å². The number of hydrogen-bond donors (Lipinski definition) is 1. The highest BCUT2D eigenvalue weighted by atomic mass is 79.9. The Balaban J connectivity index is 2.88. The SMILES string of the molecule is CCC(NC(C(=O)OC)C(C)CC)c1ccc(Br)cc1. The highest BCUT2D eigenvalue weighted by molar-refractivity contribution is 9.10. The van der Waals surface area contributed by atoms with Gasteiger partial charge in [0.1, 0.15) is 6.04 Å². The number of ether oxygens (including phenoxy) is 1. The highest BCUT2D eigenvalue weighted by Gasteiger charge is 2.27. The number of esters is 1. The van der Waals surface area contributed by atoms with Crippen molar-refractivity contribution >= 4 is 21.9 Å². The monoisotopic (exact) mass is 341 g/mol. The smallest absolute Gasteiger partial charge is 0.323 e. The first-order chi connectivity index (χ1) is 9.53. The van der Waals surface area contributed by atoms with Crippen molar-refractivity contribution < 1.29 is 9.53 Å². The molecule has 20 heavy (non-hydrogen) atoms. The van der Waals surface area contributed by atoms with Crippen molar-refractivity contribution in [2.45, 2.75) is 45.7 Å². The summed E-state index contributed by atoms with van der Waals surface area (Å²) < 4.78 is 5.98. The number of halogens is 1. The van der Waals surface area contributed by atoms with Crippen molar-refractivity contribution in [2.24, 2.45) is 5.92 Å². The van der Waals surface area contributed by atoms with E-state index in [1.54, 1.807) is 0 Å². The molecular formula is C16H24BrNO2. The molecule has 0 spiro atoms. The Labute approximate surface area is 130 Å². The van der Waals surface area contributed by atoms with E-state index in [0.29, 0.717) is 0 Å². The second kappa shape index (κ2) is 8.42. The zero-order valence-electron chi connectivity index (χ0n) is 12.7. The van der Waals surface area contributed by atoms with E-state index in [-0.39, 0.29) is 24.0 Å². The number of benzene rings is 1. The molecule has 0 amide bonds. The van der Waals surface area contributed by atoms with Crippen LogP contribution in [0.3, 0.4) is 0 Å². The van der Waals surface area contributed by atoms with Gasteiger partial charge in [-0.15, -0.1) is 0 Å². The minimum atomic E-state index is -0.265. The van der Waals surface area contributed by atoms with Gasteiger partial charge >= 0.3 is 5.97 Å². The molecule has 112 valence electrons. The van der Waals surface area contributed by atoms with Crippen LogP contribution in [0.15, 0.2) is 28.7 Å². The third kappa shape index (κ3) is 4.60. The summed E-state index contributed by atoms with van der Waals surface area (Å²) in [5.41, 5.74) is 1.19. The van der Waals surface area contributed by atoms with Crippen LogP contribution in [-0.4, -0.2) is 19.1 Å². The minimum absolute atomic E-state index is 0.154. The Kier molecular flexibility index (Phi) is 7.24. The standard InChI is InChI=1S/C16H24BrNO2/c1-5-11(3)15(16(19)20-4)18-14(6-2)12-7-9-13(17)10-8-12/h7-11,14-15,18H,5-6H2,1-4H3. The van der Waals surface area contributed by atoms with Crippen LogP contribution in [0, 0.1) is 5.92 Å². The fraction of sp³-hybridized carbons (Fsp3) is 0.562. The van der Waals surface area contributed by atoms with Gasteiger partial charge in [-0.3, -0.25) is 10.1 Å². The Morgan fingerprint density at radius 2 is 1.85 bits per heavy atom. The first-order valence-electron chi connectivity index (χ1n) is 7.12. The van der Waals surface area contributed by atoms with Crippen LogP contribution >= 0.6 is 15.9 Å². The molecule has 0 aliphatic carbocycles. The van der Waals surface area contributed by atoms with Crippen molar-refractivity contribution in [2.75, 3.05) is 7.11 Å². The van der Waals surface area contributed by atoms with Gasteiger partial charge in [-0.2, -0.15) is 0 Å². The zero-order valence-corrected chi connectivity index (χ0v) is 14.2. The Morgan fingerprint density at radius 1 is 1.25 bits per heavy atom. The summed E-state index contributed by atoms with van der Waals surface area (Å²) in [6.07, 6.45) is 1.86. The van der Waals surface area contributed by atoms with Gasteiger partial charge in [0.2, 0.25) is 0 Å². The van der Waals surface area contributed by atoms with Crippen molar-refractivity contribution in [1.29, 1.82) is 0 Å². The molecule has 0 radical (unpaired) electrons. The molecule has 3 atom stereocenters. The van der Waals surface area contributed by atoms with Gasteiger partial charge in [-0.05, 0) is 30.0 Å². The van der Waals surface area contributed by atoms with Gasteiger partial charge in [0.15, 0.2) is 0 Å². The average molecular weight is 342 g/mol. The molecule has 0 aromatic heterocycles. The summed E-state index contributed by atoms with van der Waals surface area (Å²) >= 11 is 3.44. The number of nitrogens with one attached hydrogen (secondary N) is 1. The maximum atomic E-state index is 12.0. The van der Waals surface area contributed by atoms with E-state index in [0.717, 1.165) is 17.3 Å². The van der Waals surface area contributed by atoms with Crippen molar-refractivity contribution in [1.82, 2.24) is 5.32 Å². The van der Waals surface area contributed by atoms with Gasteiger partial charge in [-0.1, -0.05) is 55.3 Å². The van der Waals surface area contributed by atoms with Gasteiger partial charge in [-0.25, -0.2) is 0 Å². The van der Waals surface area contributed by atoms with Crippen molar-refractivity contribution in [3.05, 3.63) is 34.3 Å². The second-order valence-electron chi connectivity index (χ2n) is 5.07. The molecule has 0 saturated carbocycles. The minimum Gasteiger partial charge on any atom is -0.468 e. The van der Waals surface area contributed by atoms with Crippen LogP contribution in [-0.2, 0) is 9.53 Å². The topological polar surface area (TPSA) is 38.3 Å². The lowest BCUT2D eigenvalue weighted by molar-refractivity contribution is -0.144. The molecule has 3 nitrogen and oxygen atoms in total. The van der Waals surface area contributed by atoms with Gasteiger partial charge in [0.25, 0.3) is 0 Å². The maximum Gasteiger partial charge on any atom is 0.323 e. The van der Waals surface area contributed by atoms with E-state index in [1.807, 2.05) is 12.1 Å². The molecule has 1 aromatic rings. The van der Waals surface area contributed by atoms with Gasteiger partial charge in [0, 0.05) is 10.5 Å². The molecule has 0 heterocycles. The lowest BCUT2D eigenvalue weighted by atomic mass is 9.96. The summed E-state index contributed by atoms with van der Waals surface area (Å²) in [4.78, 5) is 12.0. The first kappa shape index (κ1) is 17.2. The largest absolute Gasteiger partial charge is 0.468 e. The van der Waals surface area contributed by atoms with Crippen molar-refractivity contribution in [3.8, 4) is 0 Å². The summed E-state index contributed by atoms with van der Waals surface area (Å²) in [7, 11) is 1.44. The molecule has 1 N–H and O–H groups in total. The number of methoxy groups -OCH3 is 1. The lowest BCUT2D eigenvalue weighted by Crippen LogP contribution is -2.44. The molecule has 0 bridgehead atoms. The van der Waals surface area contributed by atoms with Crippen LogP contribution in [0.25, 0.3) is 0 Å². The first-order valence-corrected chi connectivity index (χ1v) is 7.92. The normalized spacial score (nSPS) is 15.4. The van der Waals surface area contributed by atoms with Crippen LogP contribution in [0.4, 0.5) is 0 Å². The number of carbonyl (C=O) groups excluding carboxylic acids is 1. The van der Waals surface area contributed by atoms with E-state index in [1.165, 1.54) is 12.7 Å². The summed E-state index contributed by atoms with van der Waals surface area (Å²) in [6.45, 7) is 6.27. The molecule has 1 rings (SSSR count). The summed E-state index contributed by atoms with van der Waals surface area (Å²) in [5, 5.41) is 3.45. The molecular weight excluding hydrogens is 318 g/mol. The Hall–Kier alpha value is -0.870. The fourth-order valence-corrected chi connectivity index (χ4v) is 2.45. The molecule has 0 saturated heterocycles. The highest BCUT2D eigenvalue weighted by Crippen LogP contribution is 2.22.